The monoisotopic (exact) mass is 1260 g/mol. The Hall–Kier alpha value is -7.16. The number of unbranched alkanes of at least 4 members (excludes halogenated alkanes) is 1. The van der Waals surface area contributed by atoms with Crippen molar-refractivity contribution >= 4 is 47.1 Å². The van der Waals surface area contributed by atoms with Crippen molar-refractivity contribution in [2.45, 2.75) is 156 Å². The maximum atomic E-state index is 14.2. The molecule has 12 unspecified atom stereocenters. The minimum absolute atomic E-state index is 0.113. The van der Waals surface area contributed by atoms with E-state index in [0.29, 0.717) is 76.3 Å². The molecule has 4 bridgehead atoms. The topological polar surface area (TPSA) is 351 Å². The van der Waals surface area contributed by atoms with Gasteiger partial charge in [-0.2, -0.15) is 0 Å². The second kappa shape index (κ2) is 37.9. The van der Waals surface area contributed by atoms with Crippen LogP contribution in [0.5, 0.6) is 0 Å². The van der Waals surface area contributed by atoms with Gasteiger partial charge in [0.1, 0.15) is 12.2 Å². The number of ketones is 4. The third-order valence-corrected chi connectivity index (χ3v) is 15.9. The lowest BCUT2D eigenvalue weighted by atomic mass is 9.85. The number of nitrogens with one attached hydrogen (secondary N) is 4. The van der Waals surface area contributed by atoms with Gasteiger partial charge in [0, 0.05) is 114 Å². The van der Waals surface area contributed by atoms with E-state index in [1.807, 2.05) is 13.8 Å². The third-order valence-electron chi connectivity index (χ3n) is 15.9. The molecule has 12 atom stereocenters. The fraction of sp³-hybridized carbons (Fsp3) is 0.576. The molecule has 90 heavy (non-hydrogen) atoms. The van der Waals surface area contributed by atoms with Gasteiger partial charge in [-0.3, -0.25) is 28.8 Å². The van der Waals surface area contributed by atoms with Crippen LogP contribution in [0.1, 0.15) is 107 Å². The number of aliphatic hydroxyl groups is 2. The van der Waals surface area contributed by atoms with E-state index in [4.69, 9.17) is 49.4 Å². The molecular formula is C66H96N6O18. The summed E-state index contributed by atoms with van der Waals surface area (Å²) < 4.78 is 45.4. The molecular weight excluding hydrogens is 1160 g/mol. The fourth-order valence-corrected chi connectivity index (χ4v) is 10.9. The molecule has 0 saturated carbocycles. The van der Waals surface area contributed by atoms with Crippen molar-refractivity contribution in [1.82, 2.24) is 21.3 Å². The van der Waals surface area contributed by atoms with Crippen molar-refractivity contribution in [3.8, 4) is 0 Å². The minimum atomic E-state index is -1.03. The molecule has 24 nitrogen and oxygen atoms in total. The number of aliphatic hydroxyl groups excluding tert-OH is 2. The van der Waals surface area contributed by atoms with Crippen LogP contribution in [-0.2, 0) is 66.7 Å². The van der Waals surface area contributed by atoms with Gasteiger partial charge in [-0.25, -0.2) is 9.59 Å². The minimum Gasteiger partial charge on any atom is -0.439 e. The molecule has 2 heterocycles. The van der Waals surface area contributed by atoms with Crippen LogP contribution in [0.15, 0.2) is 117 Å². The predicted molar refractivity (Wildman–Crippen MR) is 335 cm³/mol. The first kappa shape index (κ1) is 75.3. The molecule has 0 aromatic carbocycles. The highest BCUT2D eigenvalue weighted by Gasteiger charge is 2.36. The maximum Gasteiger partial charge on any atom is 0.405 e. The number of methoxy groups -OCH3 is 4. The number of hydrogen-bond acceptors (Lipinski definition) is 20. The Balaban J connectivity index is 1.33. The zero-order valence-electron chi connectivity index (χ0n) is 54.2. The summed E-state index contributed by atoms with van der Waals surface area (Å²) in [6, 6.07) is 0. The van der Waals surface area contributed by atoms with Crippen molar-refractivity contribution < 1.29 is 86.5 Å². The largest absolute Gasteiger partial charge is 0.439 e. The first-order valence-electron chi connectivity index (χ1n) is 30.6. The number of carbonyl (C=O) groups excluding carboxylic acids is 8. The van der Waals surface area contributed by atoms with Gasteiger partial charge in [-0.1, -0.05) is 76.3 Å². The number of rotatable bonds is 21. The number of hydrogen-bond donors (Lipinski definition) is 8. The van der Waals surface area contributed by atoms with Crippen LogP contribution in [-0.4, -0.2) is 174 Å². The molecule has 0 radical (unpaired) electrons. The summed E-state index contributed by atoms with van der Waals surface area (Å²) in [6.07, 6.45) is 8.92. The lowest BCUT2D eigenvalue weighted by Crippen LogP contribution is -2.38. The standard InChI is InChI=1S/C66H96N6O18/c1-37-29-45-55(49(73)35-47(59(45)77)71-63(79)39(3)19-15-21-51(83-9)61(89-65(67)81)43(7)33-41(5)57(75)53(31-37)85-11)69-23-17-27-87-25-13-14-26-88-28-18-24-70-56-46-30-38(2)32-54(86-12)58(76)42(6)34-44(8)62(90-66(68)82)52(84-10)22-16-20-40(4)64(80)72-48(60(46)78)36-50(56)74/h15-16,19-22,33-38,41-42,51-54,57-58,61-62,69-70,75-76H,13-14,17-18,23-32H2,1-12H3,(H2,67,81)(H2,68,82)(H,71,79)(H,72,80)/b21-15-,22-16-,39-19+,40-20+,43-33+,44-34+. The highest BCUT2D eigenvalue weighted by atomic mass is 16.6. The molecule has 0 aromatic rings. The van der Waals surface area contributed by atoms with Gasteiger partial charge in [0.25, 0.3) is 11.8 Å². The quantitative estimate of drug-likeness (QED) is 0.0410. The molecule has 10 N–H and O–H groups in total. The van der Waals surface area contributed by atoms with Crippen LogP contribution >= 0.6 is 0 Å². The van der Waals surface area contributed by atoms with Crippen molar-refractivity contribution in [2.75, 3.05) is 68.0 Å². The molecule has 2 aliphatic carbocycles. The number of primary amides is 2. The molecule has 0 fully saturated rings. The van der Waals surface area contributed by atoms with E-state index in [-0.39, 0.29) is 82.6 Å². The molecule has 4 amide bonds. The van der Waals surface area contributed by atoms with E-state index in [1.54, 1.807) is 52.0 Å². The lowest BCUT2D eigenvalue weighted by molar-refractivity contribution is -0.120. The summed E-state index contributed by atoms with van der Waals surface area (Å²) in [6.45, 7) is 16.0. The number of fused-ring (bicyclic) bond motifs is 4. The van der Waals surface area contributed by atoms with Crippen molar-refractivity contribution in [2.24, 2.45) is 35.1 Å². The van der Waals surface area contributed by atoms with Crippen LogP contribution in [0.3, 0.4) is 0 Å². The molecule has 0 aromatic heterocycles. The fourth-order valence-electron chi connectivity index (χ4n) is 10.9. The zero-order valence-corrected chi connectivity index (χ0v) is 54.2. The number of amides is 4. The van der Waals surface area contributed by atoms with Gasteiger partial charge in [0.05, 0.1) is 47.2 Å². The highest BCUT2D eigenvalue weighted by molar-refractivity contribution is 6.24. The van der Waals surface area contributed by atoms with Gasteiger partial charge >= 0.3 is 12.2 Å². The van der Waals surface area contributed by atoms with Gasteiger partial charge in [0.15, 0.2) is 12.2 Å². The first-order chi connectivity index (χ1) is 42.8. The van der Waals surface area contributed by atoms with E-state index in [1.165, 1.54) is 66.6 Å². The normalized spacial score (nSPS) is 30.6. The second-order valence-electron chi connectivity index (χ2n) is 23.4. The molecule has 0 spiro atoms. The average molecular weight is 1260 g/mol. The van der Waals surface area contributed by atoms with Crippen LogP contribution in [0.25, 0.3) is 0 Å². The average Bonchev–Trinajstić information content (AvgIpc) is 1.16. The van der Waals surface area contributed by atoms with E-state index < -0.39 is 108 Å². The van der Waals surface area contributed by atoms with E-state index >= 15 is 0 Å². The Kier molecular flexibility index (Phi) is 31.7. The molecule has 2 aliphatic heterocycles. The van der Waals surface area contributed by atoms with E-state index in [0.717, 1.165) is 12.2 Å². The first-order valence-corrected chi connectivity index (χ1v) is 30.6. The van der Waals surface area contributed by atoms with Crippen LogP contribution < -0.4 is 32.7 Å². The van der Waals surface area contributed by atoms with Gasteiger partial charge in [0.2, 0.25) is 23.1 Å². The van der Waals surface area contributed by atoms with E-state index in [9.17, 15) is 48.6 Å². The Morgan fingerprint density at radius 1 is 0.556 bits per heavy atom. The molecule has 4 aliphatic rings. The lowest BCUT2D eigenvalue weighted by Gasteiger charge is -2.30. The zero-order chi connectivity index (χ0) is 66.8. The van der Waals surface area contributed by atoms with Crippen LogP contribution in [0, 0.1) is 23.7 Å². The molecule has 498 valence electrons. The smallest absolute Gasteiger partial charge is 0.405 e. The van der Waals surface area contributed by atoms with Gasteiger partial charge in [-0.05, 0) is 102 Å². The van der Waals surface area contributed by atoms with Gasteiger partial charge < -0.3 is 80.8 Å². The number of Topliss-reactive ketones (excluding diaryl/α,β-unsaturated/α-hetero) is 2. The predicted octanol–water partition coefficient (Wildman–Crippen LogP) is 5.31. The number of allylic oxidation sites excluding steroid dienone is 8. The van der Waals surface area contributed by atoms with E-state index in [2.05, 4.69) is 21.3 Å². The molecule has 4 rings (SSSR count). The summed E-state index contributed by atoms with van der Waals surface area (Å²) in [5.41, 5.74) is 12.6. The van der Waals surface area contributed by atoms with Gasteiger partial charge in [-0.15, -0.1) is 0 Å². The van der Waals surface area contributed by atoms with Crippen molar-refractivity contribution in [3.05, 3.63) is 117 Å². The van der Waals surface area contributed by atoms with Crippen LogP contribution in [0.4, 0.5) is 9.59 Å². The summed E-state index contributed by atoms with van der Waals surface area (Å²) in [5.74, 6) is -4.89. The maximum absolute atomic E-state index is 14.2. The Morgan fingerprint density at radius 2 is 0.911 bits per heavy atom. The van der Waals surface area contributed by atoms with Crippen LogP contribution in [0.2, 0.25) is 0 Å². The number of ether oxygens (including phenoxy) is 8. The summed E-state index contributed by atoms with van der Waals surface area (Å²) in [5, 5.41) is 34.6. The Morgan fingerprint density at radius 3 is 1.24 bits per heavy atom. The number of nitrogens with two attached hydrogens (primary N) is 2. The SMILES string of the molecule is COC1/C=C\C=C(/C)C(=O)NC2=CC(=O)C(NCCCOCCCCOCCCNC3=C4CC(C)CC(OC)C(O)C(C)/C=C(\C)C(OC(N)=O)C(OC)/C=C\C=C(/C)C(=O)NC(=CC3=O)C4=O)=C(CC(C)CC(OC)C(O)C(C)/C=C(\C)C1OC(N)=O)C2=O. The molecule has 24 heteroatoms. The van der Waals surface area contributed by atoms with Crippen molar-refractivity contribution in [1.29, 1.82) is 0 Å². The molecule has 0 saturated heterocycles. The van der Waals surface area contributed by atoms with Crippen molar-refractivity contribution in [3.63, 3.8) is 0 Å². The summed E-state index contributed by atoms with van der Waals surface area (Å²) in [7, 11) is 5.78. The summed E-state index contributed by atoms with van der Waals surface area (Å²) in [4.78, 5) is 107. The Labute approximate surface area is 528 Å². The summed E-state index contributed by atoms with van der Waals surface area (Å²) >= 11 is 0. The second-order valence-corrected chi connectivity index (χ2v) is 23.4. The number of carbonyl (C=O) groups is 8. The highest BCUT2D eigenvalue weighted by Crippen LogP contribution is 2.31. The third kappa shape index (κ3) is 23.0. The Bertz CT molecular complexity index is 2690.